The van der Waals surface area contributed by atoms with E-state index in [0.29, 0.717) is 22.4 Å². The molecule has 0 atom stereocenters. The molecular weight excluding hydrogens is 544 g/mol. The standard InChI is InChI=1S/C24H14ClF2N5O3S2/c25-17-8-22(37(33,34)32-24-12-36-13-31-24)18(26)9-20(17)35-21-11-30-19(14-3-5-29-23(27)6-14)7-16(21)15-2-1-4-28-10-15/h1-13,32H. The van der Waals surface area contributed by atoms with Crippen LogP contribution in [0, 0.1) is 11.8 Å². The summed E-state index contributed by atoms with van der Waals surface area (Å²) in [6, 6.07) is 9.80. The number of ether oxygens (including phenoxy) is 1. The molecule has 0 aliphatic rings. The highest BCUT2D eigenvalue weighted by atomic mass is 35.5. The van der Waals surface area contributed by atoms with Gasteiger partial charge >= 0.3 is 0 Å². The second kappa shape index (κ2) is 10.2. The van der Waals surface area contributed by atoms with Crippen molar-refractivity contribution in [3.05, 3.63) is 94.9 Å². The Morgan fingerprint density at radius 3 is 2.54 bits per heavy atom. The minimum atomic E-state index is -4.29. The van der Waals surface area contributed by atoms with Crippen molar-refractivity contribution < 1.29 is 21.9 Å². The van der Waals surface area contributed by atoms with Crippen molar-refractivity contribution >= 4 is 38.8 Å². The van der Waals surface area contributed by atoms with Crippen molar-refractivity contribution in [1.82, 2.24) is 19.9 Å². The lowest BCUT2D eigenvalue weighted by Gasteiger charge is -2.15. The fraction of sp³-hybridized carbons (Fsp3) is 0. The van der Waals surface area contributed by atoms with E-state index < -0.39 is 26.7 Å². The van der Waals surface area contributed by atoms with E-state index in [4.69, 9.17) is 16.3 Å². The molecule has 4 aromatic heterocycles. The van der Waals surface area contributed by atoms with Gasteiger partial charge in [0.1, 0.15) is 16.5 Å². The zero-order valence-electron chi connectivity index (χ0n) is 18.5. The Labute approximate surface area is 218 Å². The highest BCUT2D eigenvalue weighted by molar-refractivity contribution is 7.92. The minimum absolute atomic E-state index is 0.0576. The molecule has 0 saturated carbocycles. The number of hydrogen-bond donors (Lipinski definition) is 1. The van der Waals surface area contributed by atoms with E-state index in [1.54, 1.807) is 36.7 Å². The van der Waals surface area contributed by atoms with E-state index in [-0.39, 0.29) is 22.3 Å². The number of rotatable bonds is 7. The van der Waals surface area contributed by atoms with Crippen LogP contribution in [0.4, 0.5) is 14.6 Å². The van der Waals surface area contributed by atoms with E-state index in [1.807, 2.05) is 0 Å². The van der Waals surface area contributed by atoms with Crippen LogP contribution in [0.15, 0.2) is 83.0 Å². The summed E-state index contributed by atoms with van der Waals surface area (Å²) in [5, 5.41) is 1.31. The maximum Gasteiger partial charge on any atom is 0.266 e. The molecule has 0 spiro atoms. The van der Waals surface area contributed by atoms with Gasteiger partial charge in [0, 0.05) is 52.8 Å². The lowest BCUT2D eigenvalue weighted by Crippen LogP contribution is -2.15. The van der Waals surface area contributed by atoms with Crippen LogP contribution in [-0.4, -0.2) is 28.4 Å². The lowest BCUT2D eigenvalue weighted by molar-refractivity contribution is 0.473. The molecule has 1 aromatic carbocycles. The highest BCUT2D eigenvalue weighted by Gasteiger charge is 2.23. The largest absolute Gasteiger partial charge is 0.453 e. The minimum Gasteiger partial charge on any atom is -0.453 e. The van der Waals surface area contributed by atoms with Crippen LogP contribution in [0.25, 0.3) is 22.4 Å². The first-order chi connectivity index (χ1) is 17.8. The molecule has 0 aliphatic heterocycles. The molecular formula is C24H14ClF2N5O3S2. The van der Waals surface area contributed by atoms with Crippen LogP contribution in [0.2, 0.25) is 5.02 Å². The van der Waals surface area contributed by atoms with Crippen molar-refractivity contribution in [1.29, 1.82) is 0 Å². The fourth-order valence-corrected chi connectivity index (χ4v) is 5.27. The van der Waals surface area contributed by atoms with Crippen LogP contribution in [-0.2, 0) is 10.0 Å². The van der Waals surface area contributed by atoms with Gasteiger partial charge in [-0.15, -0.1) is 11.3 Å². The number of nitrogens with one attached hydrogen (secondary N) is 1. The molecule has 0 aliphatic carbocycles. The van der Waals surface area contributed by atoms with Gasteiger partial charge in [0.05, 0.1) is 22.4 Å². The summed E-state index contributed by atoms with van der Waals surface area (Å²) in [5.74, 6) is -1.64. The lowest BCUT2D eigenvalue weighted by atomic mass is 10.0. The summed E-state index contributed by atoms with van der Waals surface area (Å²) in [6.45, 7) is 0. The number of aromatic nitrogens is 4. The quantitative estimate of drug-likeness (QED) is 0.238. The molecule has 0 bridgehead atoms. The van der Waals surface area contributed by atoms with Crippen molar-refractivity contribution in [3.8, 4) is 33.9 Å². The van der Waals surface area contributed by atoms with E-state index in [1.165, 1.54) is 40.7 Å². The number of hydrogen-bond acceptors (Lipinski definition) is 8. The zero-order chi connectivity index (χ0) is 26.0. The van der Waals surface area contributed by atoms with Gasteiger partial charge in [-0.3, -0.25) is 14.7 Å². The second-order valence-corrected chi connectivity index (χ2v) is 10.2. The zero-order valence-corrected chi connectivity index (χ0v) is 20.9. The number of halogens is 3. The summed E-state index contributed by atoms with van der Waals surface area (Å²) >= 11 is 7.48. The summed E-state index contributed by atoms with van der Waals surface area (Å²) < 4.78 is 62.0. The predicted molar refractivity (Wildman–Crippen MR) is 135 cm³/mol. The summed E-state index contributed by atoms with van der Waals surface area (Å²) in [6.07, 6.45) is 5.87. The highest BCUT2D eigenvalue weighted by Crippen LogP contribution is 2.39. The Morgan fingerprint density at radius 2 is 1.81 bits per heavy atom. The van der Waals surface area contributed by atoms with E-state index in [0.717, 1.165) is 12.1 Å². The third-order valence-corrected chi connectivity index (χ3v) is 7.28. The van der Waals surface area contributed by atoms with Crippen LogP contribution < -0.4 is 9.46 Å². The molecule has 1 N–H and O–H groups in total. The Bertz CT molecular complexity index is 1690. The van der Waals surface area contributed by atoms with Crippen molar-refractivity contribution in [2.75, 3.05) is 4.72 Å². The van der Waals surface area contributed by atoms with Crippen LogP contribution in [0.5, 0.6) is 11.5 Å². The Kier molecular flexibility index (Phi) is 6.78. The molecule has 8 nitrogen and oxygen atoms in total. The second-order valence-electron chi connectivity index (χ2n) is 7.47. The molecule has 5 aromatic rings. The van der Waals surface area contributed by atoms with E-state index >= 15 is 0 Å². The van der Waals surface area contributed by atoms with Gasteiger partial charge in [0.2, 0.25) is 5.95 Å². The monoisotopic (exact) mass is 557 g/mol. The molecule has 37 heavy (non-hydrogen) atoms. The van der Waals surface area contributed by atoms with Gasteiger partial charge in [-0.25, -0.2) is 22.8 Å². The van der Waals surface area contributed by atoms with Crippen LogP contribution >= 0.6 is 22.9 Å². The molecule has 0 radical (unpaired) electrons. The number of benzene rings is 1. The Morgan fingerprint density at radius 1 is 0.946 bits per heavy atom. The smallest absolute Gasteiger partial charge is 0.266 e. The number of anilines is 1. The SMILES string of the molecule is O=S(=O)(Nc1cscn1)c1cc(Cl)c(Oc2cnc(-c3ccnc(F)c3)cc2-c2cccnc2)cc1F. The average Bonchev–Trinajstić information content (AvgIpc) is 3.39. The number of sulfonamides is 1. The first-order valence-electron chi connectivity index (χ1n) is 10.4. The number of nitrogens with zero attached hydrogens (tertiary/aromatic N) is 4. The van der Waals surface area contributed by atoms with Crippen LogP contribution in [0.3, 0.4) is 0 Å². The van der Waals surface area contributed by atoms with Gasteiger partial charge in [-0.05, 0) is 24.3 Å². The average molecular weight is 558 g/mol. The molecule has 13 heteroatoms. The summed E-state index contributed by atoms with van der Waals surface area (Å²) in [4.78, 5) is 15.2. The molecule has 186 valence electrons. The maximum atomic E-state index is 15.0. The topological polar surface area (TPSA) is 107 Å². The van der Waals surface area contributed by atoms with Crippen molar-refractivity contribution in [2.45, 2.75) is 4.90 Å². The van der Waals surface area contributed by atoms with E-state index in [9.17, 15) is 17.2 Å². The van der Waals surface area contributed by atoms with Gasteiger partial charge in [-0.1, -0.05) is 17.7 Å². The van der Waals surface area contributed by atoms with Gasteiger partial charge in [-0.2, -0.15) is 4.39 Å². The molecule has 0 saturated heterocycles. The first-order valence-corrected chi connectivity index (χ1v) is 13.2. The molecule has 4 heterocycles. The Hall–Kier alpha value is -4.00. The number of pyridine rings is 3. The maximum absolute atomic E-state index is 15.0. The van der Waals surface area contributed by atoms with Crippen LogP contribution in [0.1, 0.15) is 0 Å². The summed E-state index contributed by atoms with van der Waals surface area (Å²) in [7, 11) is -4.29. The third kappa shape index (κ3) is 5.40. The third-order valence-electron chi connectivity index (χ3n) is 5.03. The van der Waals surface area contributed by atoms with Gasteiger partial charge < -0.3 is 4.74 Å². The molecule has 0 unspecified atom stereocenters. The first kappa shape index (κ1) is 24.7. The Balaban J connectivity index is 1.53. The van der Waals surface area contributed by atoms with Crippen molar-refractivity contribution in [3.63, 3.8) is 0 Å². The molecule has 0 fully saturated rings. The van der Waals surface area contributed by atoms with Crippen molar-refractivity contribution in [2.24, 2.45) is 0 Å². The number of thiazole rings is 1. The predicted octanol–water partition coefficient (Wildman–Crippen LogP) is 6.19. The van der Waals surface area contributed by atoms with E-state index in [2.05, 4.69) is 24.7 Å². The normalized spacial score (nSPS) is 11.3. The fourth-order valence-electron chi connectivity index (χ4n) is 3.36. The van der Waals surface area contributed by atoms with Gasteiger partial charge in [0.15, 0.2) is 11.6 Å². The molecule has 5 rings (SSSR count). The molecule has 0 amide bonds. The summed E-state index contributed by atoms with van der Waals surface area (Å²) in [5.41, 5.74) is 3.49. The van der Waals surface area contributed by atoms with Gasteiger partial charge in [0.25, 0.3) is 10.0 Å².